The van der Waals surface area contributed by atoms with Crippen molar-refractivity contribution in [2.45, 2.75) is 37.9 Å². The summed E-state index contributed by atoms with van der Waals surface area (Å²) < 4.78 is 39.3. The molecule has 1 aliphatic rings. The lowest BCUT2D eigenvalue weighted by atomic mass is 9.76. The molecule has 1 fully saturated rings. The normalized spacial score (nSPS) is 20.6. The fourth-order valence-electron chi connectivity index (χ4n) is 1.71. The molecule has 0 amide bonds. The van der Waals surface area contributed by atoms with Crippen molar-refractivity contribution in [1.82, 2.24) is 15.0 Å². The van der Waals surface area contributed by atoms with E-state index in [1.165, 1.54) is 6.20 Å². The Kier molecular flexibility index (Phi) is 1.84. The largest absolute Gasteiger partial charge is 0.413 e. The lowest BCUT2D eigenvalue weighted by Crippen LogP contribution is -2.53. The molecule has 1 aromatic rings. The number of halogens is 3. The number of alkyl halides is 3. The van der Waals surface area contributed by atoms with Crippen molar-refractivity contribution in [3.05, 3.63) is 11.9 Å². The molecule has 1 heterocycles. The van der Waals surface area contributed by atoms with Gasteiger partial charge in [-0.3, -0.25) is 0 Å². The van der Waals surface area contributed by atoms with E-state index in [2.05, 4.69) is 10.3 Å². The van der Waals surface area contributed by atoms with Crippen LogP contribution in [0.1, 0.15) is 25.0 Å². The summed E-state index contributed by atoms with van der Waals surface area (Å²) in [6.45, 7) is 1.63. The van der Waals surface area contributed by atoms with Gasteiger partial charge in [0.05, 0.1) is 5.69 Å². The smallest absolute Gasteiger partial charge is 0.237 e. The van der Waals surface area contributed by atoms with Gasteiger partial charge in [0.25, 0.3) is 0 Å². The van der Waals surface area contributed by atoms with Gasteiger partial charge in [0.2, 0.25) is 0 Å². The van der Waals surface area contributed by atoms with E-state index >= 15 is 0 Å². The second kappa shape index (κ2) is 2.71. The lowest BCUT2D eigenvalue weighted by molar-refractivity contribution is -0.243. The van der Waals surface area contributed by atoms with Crippen LogP contribution in [0.2, 0.25) is 0 Å². The maximum Gasteiger partial charge on any atom is 0.413 e. The van der Waals surface area contributed by atoms with Gasteiger partial charge in [0, 0.05) is 6.20 Å². The molecule has 0 unspecified atom stereocenters. The highest BCUT2D eigenvalue weighted by atomic mass is 19.4. The van der Waals surface area contributed by atoms with Gasteiger partial charge in [-0.2, -0.15) is 13.2 Å². The molecule has 1 aromatic heterocycles. The lowest BCUT2D eigenvalue weighted by Gasteiger charge is -2.42. The van der Waals surface area contributed by atoms with Crippen LogP contribution in [-0.4, -0.2) is 21.2 Å². The van der Waals surface area contributed by atoms with E-state index in [0.717, 1.165) is 4.68 Å². The summed E-state index contributed by atoms with van der Waals surface area (Å²) in [6, 6.07) is 0. The third-order valence-electron chi connectivity index (χ3n) is 2.75. The molecule has 0 spiro atoms. The summed E-state index contributed by atoms with van der Waals surface area (Å²) in [5.74, 6) is 0. The van der Waals surface area contributed by atoms with Crippen molar-refractivity contribution >= 4 is 0 Å². The Morgan fingerprint density at radius 3 is 2.36 bits per heavy atom. The van der Waals surface area contributed by atoms with Crippen molar-refractivity contribution in [1.29, 1.82) is 0 Å². The number of hydrogen-bond donors (Lipinski definition) is 0. The Hall–Kier alpha value is -1.07. The van der Waals surface area contributed by atoms with Gasteiger partial charge in [-0.1, -0.05) is 5.21 Å². The zero-order valence-corrected chi connectivity index (χ0v) is 7.67. The fraction of sp³-hybridized carbons (Fsp3) is 0.750. The van der Waals surface area contributed by atoms with E-state index in [9.17, 15) is 13.2 Å². The molecule has 0 bridgehead atoms. The minimum Gasteiger partial charge on any atom is -0.237 e. The molecule has 0 aromatic carbocycles. The number of aromatic nitrogens is 3. The second-order valence-corrected chi connectivity index (χ2v) is 3.69. The number of nitrogens with zero attached hydrogens (tertiary/aromatic N) is 3. The molecule has 0 atom stereocenters. The Labute approximate surface area is 78.9 Å². The molecular formula is C8H10F3N3. The summed E-state index contributed by atoms with van der Waals surface area (Å²) in [4.78, 5) is 0. The highest BCUT2D eigenvalue weighted by molar-refractivity contribution is 5.02. The first-order chi connectivity index (χ1) is 6.46. The SMILES string of the molecule is Cc1cn(C2(C(F)(F)F)CCC2)nn1. The van der Waals surface area contributed by atoms with Crippen LogP contribution < -0.4 is 0 Å². The zero-order valence-electron chi connectivity index (χ0n) is 7.67. The Morgan fingerprint density at radius 1 is 1.43 bits per heavy atom. The molecule has 0 radical (unpaired) electrons. The molecule has 1 aliphatic carbocycles. The van der Waals surface area contributed by atoms with Gasteiger partial charge in [-0.05, 0) is 26.2 Å². The van der Waals surface area contributed by atoms with Crippen molar-refractivity contribution in [2.75, 3.05) is 0 Å². The van der Waals surface area contributed by atoms with Gasteiger partial charge >= 0.3 is 6.18 Å². The fourth-order valence-corrected chi connectivity index (χ4v) is 1.71. The monoisotopic (exact) mass is 205 g/mol. The molecule has 2 rings (SSSR count). The number of aryl methyl sites for hydroxylation is 1. The predicted molar refractivity (Wildman–Crippen MR) is 42.6 cm³/mol. The third kappa shape index (κ3) is 1.13. The van der Waals surface area contributed by atoms with E-state index in [4.69, 9.17) is 0 Å². The minimum absolute atomic E-state index is 0.110. The van der Waals surface area contributed by atoms with Crippen LogP contribution in [0.5, 0.6) is 0 Å². The standard InChI is InChI=1S/C8H10F3N3/c1-6-5-14(13-12-6)7(3-2-4-7)8(9,10)11/h5H,2-4H2,1H3. The summed E-state index contributed by atoms with van der Waals surface area (Å²) in [5, 5.41) is 7.11. The first-order valence-electron chi connectivity index (χ1n) is 4.42. The summed E-state index contributed by atoms with van der Waals surface area (Å²) in [6.07, 6.45) is -2.06. The topological polar surface area (TPSA) is 30.7 Å². The van der Waals surface area contributed by atoms with Crippen molar-refractivity contribution < 1.29 is 13.2 Å². The minimum atomic E-state index is -4.23. The molecule has 0 aliphatic heterocycles. The highest BCUT2D eigenvalue weighted by Crippen LogP contribution is 2.50. The van der Waals surface area contributed by atoms with Crippen LogP contribution in [-0.2, 0) is 5.54 Å². The van der Waals surface area contributed by atoms with Crippen LogP contribution in [0.3, 0.4) is 0 Å². The third-order valence-corrected chi connectivity index (χ3v) is 2.75. The molecule has 3 nitrogen and oxygen atoms in total. The van der Waals surface area contributed by atoms with E-state index < -0.39 is 11.7 Å². The molecule has 78 valence electrons. The Bertz CT molecular complexity index is 338. The number of hydrogen-bond acceptors (Lipinski definition) is 2. The predicted octanol–water partition coefficient (Wildman–Crippen LogP) is 2.03. The molecule has 0 N–H and O–H groups in total. The molecule has 14 heavy (non-hydrogen) atoms. The van der Waals surface area contributed by atoms with Gasteiger partial charge < -0.3 is 0 Å². The first kappa shape index (κ1) is 9.48. The summed E-state index contributed by atoms with van der Waals surface area (Å²) in [5.41, 5.74) is -1.27. The number of rotatable bonds is 1. The van der Waals surface area contributed by atoms with E-state index in [1.807, 2.05) is 0 Å². The van der Waals surface area contributed by atoms with Crippen molar-refractivity contribution in [3.8, 4) is 0 Å². The second-order valence-electron chi connectivity index (χ2n) is 3.69. The van der Waals surface area contributed by atoms with Crippen molar-refractivity contribution in [2.24, 2.45) is 0 Å². The highest BCUT2D eigenvalue weighted by Gasteiger charge is 2.60. The molecule has 0 saturated heterocycles. The van der Waals surface area contributed by atoms with Crippen LogP contribution >= 0.6 is 0 Å². The van der Waals surface area contributed by atoms with Gasteiger partial charge in [-0.15, -0.1) is 5.10 Å². The maximum absolute atomic E-state index is 12.8. The average Bonchev–Trinajstić information content (AvgIpc) is 2.29. The van der Waals surface area contributed by atoms with E-state index in [0.29, 0.717) is 12.1 Å². The summed E-state index contributed by atoms with van der Waals surface area (Å²) >= 11 is 0. The molecule has 6 heteroatoms. The average molecular weight is 205 g/mol. The van der Waals surface area contributed by atoms with Gasteiger partial charge in [0.1, 0.15) is 0 Å². The van der Waals surface area contributed by atoms with Crippen LogP contribution in [0.4, 0.5) is 13.2 Å². The van der Waals surface area contributed by atoms with Gasteiger partial charge in [0.15, 0.2) is 5.54 Å². The molecular weight excluding hydrogens is 195 g/mol. The first-order valence-corrected chi connectivity index (χ1v) is 4.42. The summed E-state index contributed by atoms with van der Waals surface area (Å²) in [7, 11) is 0. The maximum atomic E-state index is 12.8. The zero-order chi connectivity index (χ0) is 10.4. The van der Waals surface area contributed by atoms with Crippen LogP contribution in [0.25, 0.3) is 0 Å². The van der Waals surface area contributed by atoms with Crippen LogP contribution in [0, 0.1) is 6.92 Å². The van der Waals surface area contributed by atoms with Crippen molar-refractivity contribution in [3.63, 3.8) is 0 Å². The molecule has 1 saturated carbocycles. The van der Waals surface area contributed by atoms with E-state index in [-0.39, 0.29) is 12.8 Å². The van der Waals surface area contributed by atoms with Gasteiger partial charge in [-0.25, -0.2) is 4.68 Å². The Balaban J connectivity index is 2.38. The Morgan fingerprint density at radius 2 is 2.07 bits per heavy atom. The quantitative estimate of drug-likeness (QED) is 0.702. The van der Waals surface area contributed by atoms with Crippen LogP contribution in [0.15, 0.2) is 6.20 Å². The van der Waals surface area contributed by atoms with E-state index in [1.54, 1.807) is 6.92 Å².